The lowest BCUT2D eigenvalue weighted by molar-refractivity contribution is 0.0904. The molecule has 4 heterocycles. The Morgan fingerprint density at radius 2 is 1.89 bits per heavy atom. The van der Waals surface area contributed by atoms with Crippen LogP contribution in [-0.4, -0.2) is 40.1 Å². The Balaban J connectivity index is 1.57. The fourth-order valence-corrected chi connectivity index (χ4v) is 3.92. The number of ether oxygens (including phenoxy) is 1. The van der Waals surface area contributed by atoms with Crippen molar-refractivity contribution >= 4 is 17.4 Å². The van der Waals surface area contributed by atoms with E-state index in [9.17, 15) is 15.3 Å². The lowest BCUT2D eigenvalue weighted by Crippen LogP contribution is -2.28. The van der Waals surface area contributed by atoms with Crippen LogP contribution in [0.25, 0.3) is 11.1 Å². The number of aryl methyl sites for hydroxylation is 1. The van der Waals surface area contributed by atoms with Gasteiger partial charge in [0, 0.05) is 54.0 Å². The first-order chi connectivity index (χ1) is 17.3. The van der Waals surface area contributed by atoms with Crippen LogP contribution in [0.5, 0.6) is 0 Å². The van der Waals surface area contributed by atoms with E-state index in [1.165, 1.54) is 6.20 Å². The Morgan fingerprint density at radius 3 is 2.61 bits per heavy atom. The lowest BCUT2D eigenvalue weighted by Gasteiger charge is -2.24. The number of hydrogen-bond donors (Lipinski definition) is 2. The van der Waals surface area contributed by atoms with Crippen LogP contribution in [0.4, 0.5) is 11.5 Å². The molecule has 0 aliphatic carbocycles. The molecule has 1 saturated heterocycles. The van der Waals surface area contributed by atoms with Crippen LogP contribution in [0.15, 0.2) is 42.9 Å². The van der Waals surface area contributed by atoms with Crippen molar-refractivity contribution in [1.82, 2.24) is 15.0 Å². The molecule has 2 N–H and O–H groups in total. The van der Waals surface area contributed by atoms with Crippen molar-refractivity contribution in [2.75, 3.05) is 23.8 Å². The highest BCUT2D eigenvalue weighted by Crippen LogP contribution is 2.28. The minimum Gasteiger partial charge on any atom is -0.381 e. The average Bonchev–Trinajstić information content (AvgIpc) is 2.90. The smallest absolute Gasteiger partial charge is 0.255 e. The van der Waals surface area contributed by atoms with E-state index in [0.29, 0.717) is 41.5 Å². The monoisotopic (exact) mass is 481 g/mol. The molecule has 0 spiro atoms. The van der Waals surface area contributed by atoms with Crippen LogP contribution >= 0.6 is 0 Å². The van der Waals surface area contributed by atoms with Crippen molar-refractivity contribution < 1.29 is 9.53 Å². The van der Waals surface area contributed by atoms with Gasteiger partial charge in [0.15, 0.2) is 0 Å². The van der Waals surface area contributed by atoms with Gasteiger partial charge in [-0.25, -0.2) is 4.98 Å². The van der Waals surface area contributed by atoms with Crippen molar-refractivity contribution in [2.24, 2.45) is 0 Å². The molecule has 3 aromatic rings. The molecule has 4 rings (SSSR count). The Bertz CT molecular complexity index is 1370. The molecule has 3 aromatic heterocycles. The predicted octanol–water partition coefficient (Wildman–Crippen LogP) is 4.36. The number of hydrogen-bond acceptors (Lipinski definition) is 8. The second-order valence-corrected chi connectivity index (χ2v) is 9.24. The fourth-order valence-electron chi connectivity index (χ4n) is 3.92. The summed E-state index contributed by atoms with van der Waals surface area (Å²) < 4.78 is 5.40. The molecule has 0 aromatic carbocycles. The number of nitrogens with one attached hydrogen (secondary N) is 2. The summed E-state index contributed by atoms with van der Waals surface area (Å²) in [6.45, 7) is 6.75. The number of rotatable bonds is 6. The third-order valence-electron chi connectivity index (χ3n) is 6.17. The van der Waals surface area contributed by atoms with Crippen LogP contribution < -0.4 is 10.6 Å². The summed E-state index contributed by atoms with van der Waals surface area (Å²) in [5, 5.41) is 25.3. The van der Waals surface area contributed by atoms with Gasteiger partial charge in [-0.2, -0.15) is 10.5 Å². The molecular formula is C27H27N7O2. The minimum absolute atomic E-state index is 0.221. The molecule has 1 aliphatic heterocycles. The Labute approximate surface area is 210 Å². The van der Waals surface area contributed by atoms with Gasteiger partial charge in [0.2, 0.25) is 0 Å². The maximum absolute atomic E-state index is 12.9. The largest absolute Gasteiger partial charge is 0.381 e. The summed E-state index contributed by atoms with van der Waals surface area (Å²) in [6, 6.07) is 11.5. The summed E-state index contributed by atoms with van der Waals surface area (Å²) in [5.74, 6) is 0.216. The molecule has 1 fully saturated rings. The molecule has 9 nitrogen and oxygen atoms in total. The van der Waals surface area contributed by atoms with Gasteiger partial charge in [0.05, 0.1) is 34.6 Å². The molecular weight excluding hydrogens is 454 g/mol. The van der Waals surface area contributed by atoms with E-state index >= 15 is 0 Å². The van der Waals surface area contributed by atoms with Gasteiger partial charge in [-0.05, 0) is 57.9 Å². The fraction of sp³-hybridized carbons (Fsp3) is 0.333. The van der Waals surface area contributed by atoms with Gasteiger partial charge in [-0.3, -0.25) is 14.8 Å². The molecule has 1 aliphatic rings. The van der Waals surface area contributed by atoms with Gasteiger partial charge >= 0.3 is 0 Å². The first kappa shape index (κ1) is 24.8. The van der Waals surface area contributed by atoms with Crippen molar-refractivity contribution in [1.29, 1.82) is 10.5 Å². The van der Waals surface area contributed by atoms with Gasteiger partial charge in [0.1, 0.15) is 11.9 Å². The predicted molar refractivity (Wildman–Crippen MR) is 135 cm³/mol. The second kappa shape index (κ2) is 10.5. The normalized spacial score (nSPS) is 13.9. The Kier molecular flexibility index (Phi) is 7.23. The zero-order valence-corrected chi connectivity index (χ0v) is 20.5. The van der Waals surface area contributed by atoms with E-state index in [0.717, 1.165) is 29.7 Å². The van der Waals surface area contributed by atoms with E-state index in [1.807, 2.05) is 13.0 Å². The van der Waals surface area contributed by atoms with Crippen LogP contribution in [0.2, 0.25) is 0 Å². The third kappa shape index (κ3) is 5.48. The van der Waals surface area contributed by atoms with E-state index in [4.69, 9.17) is 4.74 Å². The average molecular weight is 482 g/mol. The topological polar surface area (TPSA) is 137 Å². The number of carbonyl (C=O) groups excluding carboxylic acids is 1. The highest BCUT2D eigenvalue weighted by Gasteiger charge is 2.23. The standard InChI is InChI=1S/C27H27N7O2/c1-17-23(20-10-19(13-28)25(32-14-20)33-21-5-8-36-9-6-21)12-22(15-31-17)34-26(35)18-4-7-30-24(11-18)27(2,3)16-29/h4,7,10-12,14-15,21H,5-6,8-9H2,1-3H3,(H,32,33)(H,34,35). The van der Waals surface area contributed by atoms with Crippen molar-refractivity contribution in [3.63, 3.8) is 0 Å². The molecule has 36 heavy (non-hydrogen) atoms. The van der Waals surface area contributed by atoms with E-state index in [-0.39, 0.29) is 11.9 Å². The molecule has 0 bridgehead atoms. The molecule has 9 heteroatoms. The van der Waals surface area contributed by atoms with E-state index in [2.05, 4.69) is 37.7 Å². The summed E-state index contributed by atoms with van der Waals surface area (Å²) >= 11 is 0. The molecule has 0 saturated carbocycles. The number of amides is 1. The molecule has 0 radical (unpaired) electrons. The second-order valence-electron chi connectivity index (χ2n) is 9.24. The maximum atomic E-state index is 12.9. The van der Waals surface area contributed by atoms with Crippen LogP contribution in [-0.2, 0) is 10.2 Å². The highest BCUT2D eigenvalue weighted by atomic mass is 16.5. The zero-order valence-electron chi connectivity index (χ0n) is 20.5. The van der Waals surface area contributed by atoms with Gasteiger partial charge in [0.25, 0.3) is 5.91 Å². The lowest BCUT2D eigenvalue weighted by atomic mass is 9.90. The van der Waals surface area contributed by atoms with Crippen molar-refractivity contribution in [3.05, 3.63) is 65.4 Å². The zero-order chi connectivity index (χ0) is 25.7. The van der Waals surface area contributed by atoms with Crippen LogP contribution in [0.1, 0.15) is 54.0 Å². The molecule has 0 unspecified atom stereocenters. The van der Waals surface area contributed by atoms with Crippen LogP contribution in [0, 0.1) is 29.6 Å². The van der Waals surface area contributed by atoms with Crippen molar-refractivity contribution in [3.8, 4) is 23.3 Å². The quantitative estimate of drug-likeness (QED) is 0.530. The first-order valence-corrected chi connectivity index (χ1v) is 11.7. The Morgan fingerprint density at radius 1 is 1.11 bits per heavy atom. The van der Waals surface area contributed by atoms with E-state index in [1.54, 1.807) is 44.4 Å². The summed E-state index contributed by atoms with van der Waals surface area (Å²) in [6.07, 6.45) is 6.54. The summed E-state index contributed by atoms with van der Waals surface area (Å²) in [7, 11) is 0. The van der Waals surface area contributed by atoms with Crippen LogP contribution in [0.3, 0.4) is 0 Å². The molecule has 182 valence electrons. The third-order valence-corrected chi connectivity index (χ3v) is 6.17. The number of anilines is 2. The number of nitriles is 2. The molecule has 0 atom stereocenters. The van der Waals surface area contributed by atoms with E-state index < -0.39 is 5.41 Å². The first-order valence-electron chi connectivity index (χ1n) is 11.7. The number of carbonyl (C=O) groups is 1. The summed E-state index contributed by atoms with van der Waals surface area (Å²) in [5.41, 5.74) is 3.27. The van der Waals surface area contributed by atoms with Crippen molar-refractivity contribution in [2.45, 2.75) is 45.1 Å². The maximum Gasteiger partial charge on any atom is 0.255 e. The highest BCUT2D eigenvalue weighted by molar-refractivity contribution is 6.04. The SMILES string of the molecule is Cc1ncc(NC(=O)c2ccnc(C(C)(C)C#N)c2)cc1-c1cnc(NC2CCOCC2)c(C#N)c1. The summed E-state index contributed by atoms with van der Waals surface area (Å²) in [4.78, 5) is 26.1. The molecule has 1 amide bonds. The minimum atomic E-state index is -0.813. The number of pyridine rings is 3. The van der Waals surface area contributed by atoms with Gasteiger partial charge in [-0.1, -0.05) is 0 Å². The Hall–Kier alpha value is -4.34. The number of nitrogens with zero attached hydrogens (tertiary/aromatic N) is 5. The van der Waals surface area contributed by atoms with Gasteiger partial charge in [-0.15, -0.1) is 0 Å². The number of aromatic nitrogens is 3. The van der Waals surface area contributed by atoms with Gasteiger partial charge < -0.3 is 15.4 Å².